The summed E-state index contributed by atoms with van der Waals surface area (Å²) in [6.45, 7) is 7.21. The van der Waals surface area contributed by atoms with E-state index in [4.69, 9.17) is 0 Å². The Morgan fingerprint density at radius 2 is 1.89 bits per heavy atom. The smallest absolute Gasteiger partial charge is 0.329 e. The van der Waals surface area contributed by atoms with Gasteiger partial charge >= 0.3 is 6.03 Å². The Balaban J connectivity index is 1.17. The van der Waals surface area contributed by atoms with E-state index in [0.29, 0.717) is 29.5 Å². The van der Waals surface area contributed by atoms with Crippen LogP contribution in [0.2, 0.25) is 0 Å². The lowest BCUT2D eigenvalue weighted by Gasteiger charge is -2.54. The number of nitrogens with zero attached hydrogens (tertiary/aromatic N) is 3. The van der Waals surface area contributed by atoms with Crippen LogP contribution in [0.1, 0.15) is 70.3 Å². The van der Waals surface area contributed by atoms with Crippen LogP contribution in [-0.4, -0.2) is 65.4 Å². The van der Waals surface area contributed by atoms with Gasteiger partial charge in [-0.05, 0) is 74.1 Å². The van der Waals surface area contributed by atoms with Gasteiger partial charge in [0, 0.05) is 19.1 Å². The van der Waals surface area contributed by atoms with Gasteiger partial charge in [0.1, 0.15) is 6.04 Å². The number of carbonyl (C=O) groups excluding carboxylic acids is 3. The number of piperidine rings is 3. The minimum absolute atomic E-state index is 0.0135. The van der Waals surface area contributed by atoms with E-state index in [9.17, 15) is 14.4 Å². The standard InChI is InChI=1S/C29H38N4O3/c1-18(2)19-8-10-23(11-9-19)33-28(35)24(30-29(33)36)16-26(34)32-13-5-6-20-14-21-15-22(27(20)32)17-31-12-4-3-7-25(21)31/h8-11,14,18,21-22,24-25,27H,3-7,12-13,15-17H2,1-2H3,(H,30,36)/t21-,22-,24-,25-,27+/m1/s1. The van der Waals surface area contributed by atoms with Crippen LogP contribution in [0.25, 0.3) is 0 Å². The van der Waals surface area contributed by atoms with E-state index in [0.717, 1.165) is 31.5 Å². The fourth-order valence-electron chi connectivity index (χ4n) is 7.47. The minimum Gasteiger partial charge on any atom is -0.336 e. The number of fused-ring (bicyclic) bond motifs is 6. The van der Waals surface area contributed by atoms with Crippen molar-refractivity contribution in [2.45, 2.75) is 82.8 Å². The molecule has 4 fully saturated rings. The molecule has 1 aromatic carbocycles. The van der Waals surface area contributed by atoms with Crippen molar-refractivity contribution in [1.82, 2.24) is 15.1 Å². The van der Waals surface area contributed by atoms with E-state index in [-0.39, 0.29) is 24.3 Å². The number of anilines is 1. The van der Waals surface area contributed by atoms with Crippen LogP contribution in [0.5, 0.6) is 0 Å². The zero-order valence-electron chi connectivity index (χ0n) is 21.5. The first kappa shape index (κ1) is 23.7. The van der Waals surface area contributed by atoms with Crippen LogP contribution in [0.15, 0.2) is 35.9 Å². The van der Waals surface area contributed by atoms with E-state index >= 15 is 0 Å². The zero-order valence-corrected chi connectivity index (χ0v) is 21.5. The number of benzene rings is 1. The van der Waals surface area contributed by atoms with Gasteiger partial charge in [0.2, 0.25) is 5.91 Å². The third-order valence-electron chi connectivity index (χ3n) is 9.19. The highest BCUT2D eigenvalue weighted by molar-refractivity contribution is 6.22. The summed E-state index contributed by atoms with van der Waals surface area (Å²) in [5.74, 6) is 1.11. The molecule has 1 aliphatic carbocycles. The van der Waals surface area contributed by atoms with Crippen molar-refractivity contribution in [3.63, 3.8) is 0 Å². The molecular weight excluding hydrogens is 452 g/mol. The maximum atomic E-state index is 13.6. The Morgan fingerprint density at radius 1 is 1.08 bits per heavy atom. The van der Waals surface area contributed by atoms with Gasteiger partial charge in [0.15, 0.2) is 0 Å². The van der Waals surface area contributed by atoms with Gasteiger partial charge < -0.3 is 10.2 Å². The normalized spacial score (nSPS) is 32.2. The van der Waals surface area contributed by atoms with Gasteiger partial charge in [-0.1, -0.05) is 44.1 Å². The first-order chi connectivity index (χ1) is 17.4. The summed E-state index contributed by atoms with van der Waals surface area (Å²) in [6, 6.07) is 7.11. The molecule has 5 aliphatic rings. The summed E-state index contributed by atoms with van der Waals surface area (Å²) in [5, 5.41) is 2.78. The number of amides is 4. The molecule has 4 amide bonds. The van der Waals surface area contributed by atoms with Gasteiger partial charge in [0.25, 0.3) is 5.91 Å². The molecule has 0 unspecified atom stereocenters. The molecule has 0 aromatic heterocycles. The third kappa shape index (κ3) is 4.05. The number of urea groups is 1. The summed E-state index contributed by atoms with van der Waals surface area (Å²) >= 11 is 0. The first-order valence-electron chi connectivity index (χ1n) is 13.9. The molecule has 0 saturated carbocycles. The van der Waals surface area contributed by atoms with Crippen LogP contribution in [-0.2, 0) is 9.59 Å². The molecule has 0 radical (unpaired) electrons. The van der Waals surface area contributed by atoms with Gasteiger partial charge in [0.05, 0.1) is 18.2 Å². The second kappa shape index (κ2) is 9.33. The molecule has 4 saturated heterocycles. The molecule has 2 bridgehead atoms. The first-order valence-corrected chi connectivity index (χ1v) is 13.9. The summed E-state index contributed by atoms with van der Waals surface area (Å²) in [5.41, 5.74) is 3.14. The number of likely N-dealkylation sites (tertiary alicyclic amines) is 1. The fourth-order valence-corrected chi connectivity index (χ4v) is 7.47. The van der Waals surface area contributed by atoms with Crippen molar-refractivity contribution in [2.24, 2.45) is 11.8 Å². The number of imide groups is 1. The quantitative estimate of drug-likeness (QED) is 0.511. The summed E-state index contributed by atoms with van der Waals surface area (Å²) < 4.78 is 0. The second-order valence-electron chi connectivity index (χ2n) is 11.7. The molecule has 6 rings (SSSR count). The van der Waals surface area contributed by atoms with Crippen molar-refractivity contribution < 1.29 is 14.4 Å². The number of rotatable bonds is 4. The molecule has 1 aromatic rings. The van der Waals surface area contributed by atoms with Gasteiger partial charge in [-0.15, -0.1) is 0 Å². The Morgan fingerprint density at radius 3 is 2.67 bits per heavy atom. The molecule has 0 spiro atoms. The lowest BCUT2D eigenvalue weighted by Crippen LogP contribution is -2.60. The number of hydrogen-bond acceptors (Lipinski definition) is 4. The summed E-state index contributed by atoms with van der Waals surface area (Å²) in [4.78, 5) is 45.5. The predicted molar refractivity (Wildman–Crippen MR) is 139 cm³/mol. The Kier molecular flexibility index (Phi) is 6.14. The monoisotopic (exact) mass is 490 g/mol. The predicted octanol–water partition coefficient (Wildman–Crippen LogP) is 4.05. The van der Waals surface area contributed by atoms with E-state index in [1.165, 1.54) is 42.7 Å². The Labute approximate surface area is 213 Å². The minimum atomic E-state index is -0.807. The van der Waals surface area contributed by atoms with Crippen molar-refractivity contribution in [3.05, 3.63) is 41.5 Å². The third-order valence-corrected chi connectivity index (χ3v) is 9.19. The van der Waals surface area contributed by atoms with Crippen LogP contribution in [0.3, 0.4) is 0 Å². The highest BCUT2D eigenvalue weighted by Gasteiger charge is 2.48. The molecule has 1 N–H and O–H groups in total. The van der Waals surface area contributed by atoms with Crippen LogP contribution >= 0.6 is 0 Å². The van der Waals surface area contributed by atoms with E-state index in [2.05, 4.69) is 30.1 Å². The van der Waals surface area contributed by atoms with Gasteiger partial charge in [-0.25, -0.2) is 9.69 Å². The largest absolute Gasteiger partial charge is 0.336 e. The molecule has 7 nitrogen and oxygen atoms in total. The molecule has 5 atom stereocenters. The van der Waals surface area contributed by atoms with Gasteiger partial charge in [-0.3, -0.25) is 14.5 Å². The van der Waals surface area contributed by atoms with E-state index in [1.807, 2.05) is 29.2 Å². The fraction of sp³-hybridized carbons (Fsp3) is 0.621. The molecule has 4 heterocycles. The number of carbonyl (C=O) groups is 3. The molecule has 192 valence electrons. The average Bonchev–Trinajstić information content (AvgIpc) is 3.16. The zero-order chi connectivity index (χ0) is 25.0. The van der Waals surface area contributed by atoms with Crippen molar-refractivity contribution in [1.29, 1.82) is 0 Å². The number of hydrogen-bond donors (Lipinski definition) is 1. The van der Waals surface area contributed by atoms with Crippen LogP contribution in [0, 0.1) is 11.8 Å². The second-order valence-corrected chi connectivity index (χ2v) is 11.7. The van der Waals surface area contributed by atoms with E-state index in [1.54, 1.807) is 0 Å². The summed E-state index contributed by atoms with van der Waals surface area (Å²) in [6.07, 6.45) is 9.66. The topological polar surface area (TPSA) is 73.0 Å². The van der Waals surface area contributed by atoms with Crippen LogP contribution < -0.4 is 10.2 Å². The lowest BCUT2D eigenvalue weighted by atomic mass is 9.68. The lowest BCUT2D eigenvalue weighted by molar-refractivity contribution is -0.138. The van der Waals surface area contributed by atoms with Gasteiger partial charge in [-0.2, -0.15) is 0 Å². The molecule has 7 heteroatoms. The van der Waals surface area contributed by atoms with E-state index < -0.39 is 12.1 Å². The van der Waals surface area contributed by atoms with Crippen molar-refractivity contribution in [2.75, 3.05) is 24.5 Å². The molecular formula is C29H38N4O3. The highest BCUT2D eigenvalue weighted by atomic mass is 16.2. The van der Waals surface area contributed by atoms with Crippen molar-refractivity contribution >= 4 is 23.5 Å². The molecule has 36 heavy (non-hydrogen) atoms. The maximum Gasteiger partial charge on any atom is 0.329 e. The Bertz CT molecular complexity index is 1080. The highest BCUT2D eigenvalue weighted by Crippen LogP contribution is 2.45. The maximum absolute atomic E-state index is 13.6. The Hall–Kier alpha value is -2.67. The number of nitrogens with one attached hydrogen (secondary N) is 1. The SMILES string of the molecule is CC(C)c1ccc(N2C(=O)N[C@H](CC(=O)N3CCCC4=C[C@@H]5C[C@H](CN6CCCC[C@H]56)[C@H]43)C2=O)cc1. The van der Waals surface area contributed by atoms with Crippen LogP contribution in [0.4, 0.5) is 10.5 Å². The average molecular weight is 491 g/mol. The van der Waals surface area contributed by atoms with Crippen molar-refractivity contribution in [3.8, 4) is 0 Å². The summed E-state index contributed by atoms with van der Waals surface area (Å²) in [7, 11) is 0. The molecule has 4 aliphatic heterocycles.